The van der Waals surface area contributed by atoms with Gasteiger partial charge >= 0.3 is 6.18 Å². The molecule has 9 nitrogen and oxygen atoms in total. The number of guanidine groups is 1. The van der Waals surface area contributed by atoms with Gasteiger partial charge in [-0.15, -0.1) is 0 Å². The van der Waals surface area contributed by atoms with Gasteiger partial charge in [0.2, 0.25) is 0 Å². The van der Waals surface area contributed by atoms with Crippen LogP contribution in [0.1, 0.15) is 11.1 Å². The normalized spacial score (nSPS) is 21.0. The van der Waals surface area contributed by atoms with Crippen molar-refractivity contribution in [3.63, 3.8) is 0 Å². The minimum absolute atomic E-state index is 0.162. The minimum Gasteiger partial charge on any atom is -0.372 e. The van der Waals surface area contributed by atoms with Crippen molar-refractivity contribution < 1.29 is 13.2 Å². The number of aromatic nitrogens is 2. The van der Waals surface area contributed by atoms with Gasteiger partial charge in [-0.05, 0) is 17.7 Å². The summed E-state index contributed by atoms with van der Waals surface area (Å²) in [6.07, 6.45) is 4.18. The van der Waals surface area contributed by atoms with Crippen LogP contribution in [0.15, 0.2) is 53.0 Å². The van der Waals surface area contributed by atoms with E-state index in [1.807, 2.05) is 6.20 Å². The highest BCUT2D eigenvalue weighted by Crippen LogP contribution is 2.34. The molecule has 13 heteroatoms. The Morgan fingerprint density at radius 2 is 2.05 bits per heavy atom. The molecule has 2 aromatic rings. The van der Waals surface area contributed by atoms with Crippen LogP contribution in [0.25, 0.3) is 16.7 Å². The van der Waals surface area contributed by atoms with Crippen LogP contribution in [-0.4, -0.2) is 82.1 Å². The van der Waals surface area contributed by atoms with E-state index < -0.39 is 11.7 Å². The van der Waals surface area contributed by atoms with Crippen LogP contribution >= 0.6 is 22.6 Å². The number of hydrogen-bond donors (Lipinski definition) is 4. The van der Waals surface area contributed by atoms with Crippen molar-refractivity contribution in [3.8, 4) is 6.07 Å². The summed E-state index contributed by atoms with van der Waals surface area (Å²) in [6, 6.07) is 3.14. The molecule has 1 unspecified atom stereocenters. The average molecular weight is 637 g/mol. The smallest absolute Gasteiger partial charge is 0.372 e. The quantitative estimate of drug-likeness (QED) is 0.285. The van der Waals surface area contributed by atoms with Crippen molar-refractivity contribution in [3.05, 3.63) is 59.1 Å². The van der Waals surface area contributed by atoms with Gasteiger partial charge in [0.25, 0.3) is 0 Å². The second-order valence-electron chi connectivity index (χ2n) is 9.18. The molecule has 0 saturated carbocycles. The second kappa shape index (κ2) is 11.3. The number of piperazine rings is 1. The van der Waals surface area contributed by atoms with Gasteiger partial charge in [-0.2, -0.15) is 18.4 Å². The first-order valence-electron chi connectivity index (χ1n) is 12.3. The lowest BCUT2D eigenvalue weighted by Crippen LogP contribution is -2.54. The molecule has 5 rings (SSSR count). The van der Waals surface area contributed by atoms with Gasteiger partial charge < -0.3 is 25.8 Å². The number of nitriles is 1. The van der Waals surface area contributed by atoms with E-state index >= 15 is 0 Å². The van der Waals surface area contributed by atoms with Crippen molar-refractivity contribution in [1.82, 2.24) is 35.7 Å². The zero-order valence-electron chi connectivity index (χ0n) is 20.4. The second-order valence-corrected chi connectivity index (χ2v) is 10.3. The number of nitrogens with one attached hydrogen (secondary N) is 4. The van der Waals surface area contributed by atoms with E-state index in [2.05, 4.69) is 81.5 Å². The molecule has 1 atom stereocenters. The van der Waals surface area contributed by atoms with Crippen LogP contribution in [-0.2, 0) is 6.18 Å². The fourth-order valence-corrected chi connectivity index (χ4v) is 5.35. The molecule has 2 aromatic heterocycles. The maximum absolute atomic E-state index is 13.3. The number of pyridine rings is 1. The van der Waals surface area contributed by atoms with Crippen LogP contribution in [0.4, 0.5) is 13.2 Å². The van der Waals surface area contributed by atoms with Gasteiger partial charge in [0, 0.05) is 73.2 Å². The van der Waals surface area contributed by atoms with E-state index in [-0.39, 0.29) is 18.1 Å². The zero-order chi connectivity index (χ0) is 26.7. The summed E-state index contributed by atoms with van der Waals surface area (Å²) in [6.45, 7) is 6.00. The van der Waals surface area contributed by atoms with E-state index in [9.17, 15) is 18.4 Å². The molecule has 0 spiro atoms. The summed E-state index contributed by atoms with van der Waals surface area (Å²) >= 11 is 2.41. The molecule has 38 heavy (non-hydrogen) atoms. The molecular formula is C25H27F3IN9. The summed E-state index contributed by atoms with van der Waals surface area (Å²) in [5.41, 5.74) is 1.51. The Morgan fingerprint density at radius 3 is 2.74 bits per heavy atom. The van der Waals surface area contributed by atoms with E-state index in [1.165, 1.54) is 6.20 Å². The maximum atomic E-state index is 13.3. The Morgan fingerprint density at radius 1 is 1.24 bits per heavy atom. The number of hydrogen-bond acceptors (Lipinski definition) is 8. The Bertz CT molecular complexity index is 1340. The fourth-order valence-electron chi connectivity index (χ4n) is 4.66. The molecule has 5 heterocycles. The lowest BCUT2D eigenvalue weighted by atomic mass is 10.1. The third-order valence-electron chi connectivity index (χ3n) is 6.78. The van der Waals surface area contributed by atoms with Crippen LogP contribution in [0, 0.1) is 11.3 Å². The van der Waals surface area contributed by atoms with E-state index in [0.717, 1.165) is 55.0 Å². The average Bonchev–Trinajstić information content (AvgIpc) is 3.35. The first-order chi connectivity index (χ1) is 18.4. The number of alkyl halides is 4. The number of H-pyrrole nitrogens is 1. The van der Waals surface area contributed by atoms with Crippen LogP contribution < -0.4 is 16.0 Å². The summed E-state index contributed by atoms with van der Waals surface area (Å²) in [7, 11) is 0. The fraction of sp³-hybridized carbons (Fsp3) is 0.400. The van der Waals surface area contributed by atoms with Crippen molar-refractivity contribution in [1.29, 1.82) is 5.26 Å². The lowest BCUT2D eigenvalue weighted by Gasteiger charge is -2.39. The molecule has 3 aliphatic heterocycles. The Kier molecular flexibility index (Phi) is 7.91. The molecule has 0 bridgehead atoms. The number of rotatable bonds is 6. The summed E-state index contributed by atoms with van der Waals surface area (Å²) in [4.78, 5) is 16.2. The first kappa shape index (κ1) is 26.5. The number of halogens is 4. The van der Waals surface area contributed by atoms with Crippen LogP contribution in [0.2, 0.25) is 0 Å². The predicted octanol–water partition coefficient (Wildman–Crippen LogP) is 2.79. The largest absolute Gasteiger partial charge is 0.417 e. The first-order valence-corrected chi connectivity index (χ1v) is 13.8. The molecular weight excluding hydrogens is 610 g/mol. The Balaban J connectivity index is 1.25. The Labute approximate surface area is 231 Å². The van der Waals surface area contributed by atoms with Crippen LogP contribution in [0.3, 0.4) is 0 Å². The maximum Gasteiger partial charge on any atom is 0.417 e. The molecule has 200 valence electrons. The van der Waals surface area contributed by atoms with Gasteiger partial charge in [-0.3, -0.25) is 4.90 Å². The molecule has 0 radical (unpaired) electrons. The zero-order valence-corrected chi connectivity index (χ0v) is 22.6. The SMILES string of the molecule is N#CC1=C(c2c[nH]c3ncc(C(F)(F)F)cc23)N=C(NCC2=CNC(N3CCN(CCI)CC3)C=C2)NC1. The van der Waals surface area contributed by atoms with Gasteiger partial charge in [0.05, 0.1) is 35.6 Å². The minimum atomic E-state index is -4.52. The summed E-state index contributed by atoms with van der Waals surface area (Å²) < 4.78 is 41.0. The van der Waals surface area contributed by atoms with E-state index in [1.54, 1.807) is 0 Å². The molecule has 3 aliphatic rings. The van der Waals surface area contributed by atoms with Gasteiger partial charge in [0.15, 0.2) is 5.96 Å². The van der Waals surface area contributed by atoms with Gasteiger partial charge in [-0.1, -0.05) is 28.7 Å². The van der Waals surface area contributed by atoms with Crippen molar-refractivity contribution >= 4 is 45.3 Å². The highest BCUT2D eigenvalue weighted by atomic mass is 127. The molecule has 0 aromatic carbocycles. The Hall–Kier alpha value is -3.09. The molecule has 4 N–H and O–H groups in total. The number of aromatic amines is 1. The van der Waals surface area contributed by atoms with Crippen molar-refractivity contribution in [2.24, 2.45) is 4.99 Å². The molecule has 1 saturated heterocycles. The van der Waals surface area contributed by atoms with Gasteiger partial charge in [0.1, 0.15) is 5.65 Å². The number of nitrogens with zero attached hydrogens (tertiary/aromatic N) is 5. The molecule has 0 aliphatic carbocycles. The van der Waals surface area contributed by atoms with E-state index in [4.69, 9.17) is 0 Å². The summed E-state index contributed by atoms with van der Waals surface area (Å²) in [5, 5.41) is 19.7. The third-order valence-corrected chi connectivity index (χ3v) is 7.27. The number of aliphatic imine (C=N–C) groups is 1. The molecule has 1 fully saturated rings. The monoisotopic (exact) mass is 637 g/mol. The summed E-state index contributed by atoms with van der Waals surface area (Å²) in [5.74, 6) is 0.441. The molecule has 0 amide bonds. The number of fused-ring (bicyclic) bond motifs is 1. The van der Waals surface area contributed by atoms with Gasteiger partial charge in [-0.25, -0.2) is 9.98 Å². The topological polar surface area (TPSA) is 107 Å². The highest BCUT2D eigenvalue weighted by Gasteiger charge is 2.32. The van der Waals surface area contributed by atoms with Crippen molar-refractivity contribution in [2.75, 3.05) is 50.2 Å². The number of dihydropyridines is 1. The third kappa shape index (κ3) is 5.82. The van der Waals surface area contributed by atoms with E-state index in [0.29, 0.717) is 35.0 Å². The predicted molar refractivity (Wildman–Crippen MR) is 148 cm³/mol. The van der Waals surface area contributed by atoms with Crippen LogP contribution in [0.5, 0.6) is 0 Å². The standard InChI is InChI=1S/C25H27F3IN9/c26-25(27,28)18-9-19-20(15-33-23(19)32-14-18)22-17(10-30)13-35-24(36-22)34-12-16-1-2-21(31-11-16)38-7-5-37(4-3-29)6-8-38/h1-2,9,11,14-15,21,31H,3-8,12-13H2,(H,32,33)(H2,34,35,36). The van der Waals surface area contributed by atoms with Crippen molar-refractivity contribution in [2.45, 2.75) is 12.3 Å². The highest BCUT2D eigenvalue weighted by molar-refractivity contribution is 14.1. The lowest BCUT2D eigenvalue weighted by molar-refractivity contribution is -0.137.